The molecule has 0 radical (unpaired) electrons. The lowest BCUT2D eigenvalue weighted by Gasteiger charge is -2.18. The van der Waals surface area contributed by atoms with Crippen LogP contribution in [0.1, 0.15) is 56.4 Å². The van der Waals surface area contributed by atoms with E-state index in [4.69, 9.17) is 11.2 Å². The normalized spacial score (nSPS) is 17.7. The number of rotatable bonds is 8. The first-order valence-electron chi connectivity index (χ1n) is 12.8. The van der Waals surface area contributed by atoms with E-state index >= 15 is 0 Å². The molecule has 1 unspecified atom stereocenters. The number of hydrogen-bond acceptors (Lipinski definition) is 7. The van der Waals surface area contributed by atoms with E-state index in [1.54, 1.807) is 37.1 Å². The molecule has 3 aromatic carbocycles. The summed E-state index contributed by atoms with van der Waals surface area (Å²) in [5, 5.41) is 14.5. The second-order valence-electron chi connectivity index (χ2n) is 9.67. The number of nitrogens with zero attached hydrogens (tertiary/aromatic N) is 2. The highest BCUT2D eigenvalue weighted by Gasteiger charge is 2.40. The Morgan fingerprint density at radius 2 is 1.95 bits per heavy atom. The van der Waals surface area contributed by atoms with Crippen molar-refractivity contribution in [2.75, 3.05) is 19.0 Å². The Labute approximate surface area is 231 Å². The number of thioether (sulfide) groups is 1. The molecule has 0 saturated heterocycles. The van der Waals surface area contributed by atoms with Crippen molar-refractivity contribution in [1.29, 1.82) is 0 Å². The standard InChI is InChI=1S/C31H26N4O3S/c1-3-4-14-31(34-35-31)15-16-32-30(37)20-12-13-22-23(18-20)27-26(28(22)36)29(19-8-7-9-21(17-19)38-2)39-25-11-6-5-10-24(25)33-27/h1,5-13,17-18,29,33H,4,14-16H2,2H3,(H,32,37). The molecule has 194 valence electrons. The average molecular weight is 535 g/mol. The zero-order chi connectivity index (χ0) is 27.0. The first-order chi connectivity index (χ1) is 19.0. The highest BCUT2D eigenvalue weighted by molar-refractivity contribution is 8.00. The monoisotopic (exact) mass is 534 g/mol. The third kappa shape index (κ3) is 4.70. The van der Waals surface area contributed by atoms with Crippen LogP contribution in [0.25, 0.3) is 5.70 Å². The smallest absolute Gasteiger partial charge is 0.251 e. The summed E-state index contributed by atoms with van der Waals surface area (Å²) in [4.78, 5) is 28.0. The molecule has 0 bridgehead atoms. The van der Waals surface area contributed by atoms with Gasteiger partial charge in [0.15, 0.2) is 11.4 Å². The predicted molar refractivity (Wildman–Crippen MR) is 152 cm³/mol. The first kappa shape index (κ1) is 25.0. The molecule has 0 aromatic heterocycles. The van der Waals surface area contributed by atoms with Gasteiger partial charge in [0.05, 0.1) is 23.7 Å². The molecule has 2 aliphatic heterocycles. The van der Waals surface area contributed by atoms with Gasteiger partial charge in [0.2, 0.25) is 0 Å². The molecular weight excluding hydrogens is 508 g/mol. The van der Waals surface area contributed by atoms with Crippen LogP contribution in [0.3, 0.4) is 0 Å². The lowest BCUT2D eigenvalue weighted by atomic mass is 10.0. The molecule has 6 rings (SSSR count). The second kappa shape index (κ2) is 10.1. The molecule has 1 atom stereocenters. The van der Waals surface area contributed by atoms with Gasteiger partial charge in [0.1, 0.15) is 5.75 Å². The summed E-state index contributed by atoms with van der Waals surface area (Å²) in [5.41, 5.74) is 4.65. The van der Waals surface area contributed by atoms with Gasteiger partial charge in [-0.05, 0) is 48.0 Å². The summed E-state index contributed by atoms with van der Waals surface area (Å²) < 4.78 is 5.47. The lowest BCUT2D eigenvalue weighted by Crippen LogP contribution is -2.28. The molecular formula is C31H26N4O3S. The topological polar surface area (TPSA) is 92.2 Å². The summed E-state index contributed by atoms with van der Waals surface area (Å²) in [6.07, 6.45) is 7.26. The SMILES string of the molecule is C#CCCC1(CCNC(=O)c2ccc3c(c2)C2=C(C3=O)C(c3cccc(OC)c3)Sc3ccccc3N2)N=N1. The number of hydrogen-bond donors (Lipinski definition) is 2. The molecule has 3 aromatic rings. The number of amides is 1. The number of Topliss-reactive ketones (excluding diaryl/α,β-unsaturated/α-hetero) is 1. The molecule has 8 heteroatoms. The van der Waals surface area contributed by atoms with E-state index in [0.717, 1.165) is 33.2 Å². The van der Waals surface area contributed by atoms with Crippen LogP contribution in [0.15, 0.2) is 87.4 Å². The molecule has 1 amide bonds. The van der Waals surface area contributed by atoms with E-state index in [-0.39, 0.29) is 16.9 Å². The second-order valence-corrected chi connectivity index (χ2v) is 10.8. The Kier molecular flexibility index (Phi) is 6.45. The summed E-state index contributed by atoms with van der Waals surface area (Å²) in [6.45, 7) is 0.431. The Bertz CT molecular complexity index is 1600. The number of anilines is 1. The van der Waals surface area contributed by atoms with Gasteiger partial charge in [-0.3, -0.25) is 9.59 Å². The number of terminal acetylenes is 1. The highest BCUT2D eigenvalue weighted by Crippen LogP contribution is 2.52. The van der Waals surface area contributed by atoms with Gasteiger partial charge in [-0.1, -0.05) is 24.3 Å². The van der Waals surface area contributed by atoms with Crippen molar-refractivity contribution in [1.82, 2.24) is 5.32 Å². The van der Waals surface area contributed by atoms with Crippen molar-refractivity contribution in [2.45, 2.75) is 35.1 Å². The van der Waals surface area contributed by atoms with Gasteiger partial charge in [0.25, 0.3) is 5.91 Å². The minimum Gasteiger partial charge on any atom is -0.497 e. The summed E-state index contributed by atoms with van der Waals surface area (Å²) in [5.74, 6) is 3.10. The van der Waals surface area contributed by atoms with Crippen molar-refractivity contribution in [3.05, 3.63) is 94.6 Å². The van der Waals surface area contributed by atoms with Crippen LogP contribution in [0.4, 0.5) is 5.69 Å². The number of fused-ring (bicyclic) bond motifs is 3. The van der Waals surface area contributed by atoms with Gasteiger partial charge in [-0.15, -0.1) is 24.1 Å². The minimum absolute atomic E-state index is 0.0417. The maximum absolute atomic E-state index is 13.9. The maximum Gasteiger partial charge on any atom is 0.251 e. The van der Waals surface area contributed by atoms with Crippen molar-refractivity contribution < 1.29 is 14.3 Å². The number of benzene rings is 3. The van der Waals surface area contributed by atoms with Gasteiger partial charge < -0.3 is 15.4 Å². The molecule has 1 aliphatic carbocycles. The van der Waals surface area contributed by atoms with E-state index < -0.39 is 5.66 Å². The largest absolute Gasteiger partial charge is 0.497 e. The van der Waals surface area contributed by atoms with Crippen molar-refractivity contribution in [3.8, 4) is 18.1 Å². The van der Waals surface area contributed by atoms with Gasteiger partial charge >= 0.3 is 0 Å². The highest BCUT2D eigenvalue weighted by atomic mass is 32.2. The number of carbonyl (C=O) groups excluding carboxylic acids is 2. The zero-order valence-electron chi connectivity index (χ0n) is 21.4. The molecule has 0 saturated carbocycles. The Balaban J connectivity index is 1.32. The van der Waals surface area contributed by atoms with Crippen molar-refractivity contribution >= 4 is 34.8 Å². The van der Waals surface area contributed by atoms with E-state index in [1.807, 2.05) is 48.5 Å². The summed E-state index contributed by atoms with van der Waals surface area (Å²) >= 11 is 1.63. The molecule has 7 nitrogen and oxygen atoms in total. The van der Waals surface area contributed by atoms with Crippen molar-refractivity contribution in [2.24, 2.45) is 10.2 Å². The van der Waals surface area contributed by atoms with E-state index in [9.17, 15) is 9.59 Å². The quantitative estimate of drug-likeness (QED) is 0.333. The van der Waals surface area contributed by atoms with E-state index in [1.165, 1.54) is 0 Å². The van der Waals surface area contributed by atoms with Crippen molar-refractivity contribution in [3.63, 3.8) is 0 Å². The molecule has 2 N–H and O–H groups in total. The number of methoxy groups -OCH3 is 1. The molecule has 2 heterocycles. The zero-order valence-corrected chi connectivity index (χ0v) is 22.2. The van der Waals surface area contributed by atoms with Gasteiger partial charge in [-0.25, -0.2) is 0 Å². The lowest BCUT2D eigenvalue weighted by molar-refractivity contribution is 0.0950. The molecule has 39 heavy (non-hydrogen) atoms. The maximum atomic E-state index is 13.9. The first-order valence-corrected chi connectivity index (χ1v) is 13.7. The number of carbonyl (C=O) groups is 2. The Morgan fingerprint density at radius 3 is 2.74 bits per heavy atom. The van der Waals surface area contributed by atoms with E-state index in [0.29, 0.717) is 42.5 Å². The van der Waals surface area contributed by atoms with E-state index in [2.05, 4.69) is 26.8 Å². The Hall–Kier alpha value is -4.35. The van der Waals surface area contributed by atoms with Crippen LogP contribution in [-0.2, 0) is 0 Å². The van der Waals surface area contributed by atoms with Crippen LogP contribution in [0, 0.1) is 12.3 Å². The fraction of sp³-hybridized carbons (Fsp3) is 0.226. The fourth-order valence-corrected chi connectivity index (χ4v) is 6.34. The number of nitrogens with one attached hydrogen (secondary N) is 2. The third-order valence-corrected chi connectivity index (χ3v) is 8.58. The fourth-order valence-electron chi connectivity index (χ4n) is 5.06. The third-order valence-electron chi connectivity index (χ3n) is 7.22. The predicted octanol–water partition coefficient (Wildman–Crippen LogP) is 6.26. The van der Waals surface area contributed by atoms with Gasteiger partial charge in [-0.2, -0.15) is 10.2 Å². The number of ether oxygens (including phenoxy) is 1. The van der Waals surface area contributed by atoms with Crippen LogP contribution >= 0.6 is 11.8 Å². The van der Waals surface area contributed by atoms with Crippen LogP contribution in [0.2, 0.25) is 0 Å². The van der Waals surface area contributed by atoms with Crippen LogP contribution in [-0.4, -0.2) is 31.0 Å². The summed E-state index contributed by atoms with van der Waals surface area (Å²) in [7, 11) is 1.63. The van der Waals surface area contributed by atoms with Crippen LogP contribution < -0.4 is 15.4 Å². The minimum atomic E-state index is -0.450. The molecule has 3 aliphatic rings. The Morgan fingerprint density at radius 1 is 1.10 bits per heavy atom. The average Bonchev–Trinajstić information content (AvgIpc) is 3.72. The van der Waals surface area contributed by atoms with Crippen LogP contribution in [0.5, 0.6) is 5.75 Å². The van der Waals surface area contributed by atoms with Gasteiger partial charge in [0, 0.05) is 53.0 Å². The number of para-hydroxylation sites is 1. The molecule has 0 spiro atoms. The summed E-state index contributed by atoms with van der Waals surface area (Å²) in [6, 6.07) is 21.1. The molecule has 0 fully saturated rings. The number of ketones is 1.